The van der Waals surface area contributed by atoms with E-state index in [1.165, 1.54) is 13.2 Å². The van der Waals surface area contributed by atoms with Crippen molar-refractivity contribution in [3.8, 4) is 0 Å². The lowest BCUT2D eigenvalue weighted by Gasteiger charge is -2.06. The standard InChI is InChI=1S/C7H13NO2/c1-3-4-7(9)6(8)5-10-2/h3,6H,1,4-5,8H2,2H3. The summed E-state index contributed by atoms with van der Waals surface area (Å²) in [6.07, 6.45) is 1.86. The summed E-state index contributed by atoms with van der Waals surface area (Å²) in [4.78, 5) is 10.9. The van der Waals surface area contributed by atoms with Crippen LogP contribution in [0.2, 0.25) is 0 Å². The number of methoxy groups -OCH3 is 1. The van der Waals surface area contributed by atoms with Crippen LogP contribution in [0.5, 0.6) is 0 Å². The molecule has 0 aliphatic heterocycles. The Balaban J connectivity index is 3.58. The highest BCUT2D eigenvalue weighted by Gasteiger charge is 2.09. The van der Waals surface area contributed by atoms with Crippen LogP contribution in [0, 0.1) is 0 Å². The predicted octanol–water partition coefficient (Wildman–Crippen LogP) is 0.105. The maximum absolute atomic E-state index is 10.9. The minimum Gasteiger partial charge on any atom is -0.383 e. The highest BCUT2D eigenvalue weighted by Crippen LogP contribution is 1.89. The molecule has 0 saturated heterocycles. The quantitative estimate of drug-likeness (QED) is 0.555. The topological polar surface area (TPSA) is 52.3 Å². The first-order valence-electron chi connectivity index (χ1n) is 3.10. The van der Waals surface area contributed by atoms with E-state index < -0.39 is 6.04 Å². The Labute approximate surface area is 60.9 Å². The summed E-state index contributed by atoms with van der Waals surface area (Å²) < 4.78 is 4.69. The molecule has 0 aromatic heterocycles. The summed E-state index contributed by atoms with van der Waals surface area (Å²) in [5, 5.41) is 0. The minimum absolute atomic E-state index is 0.0307. The summed E-state index contributed by atoms with van der Waals surface area (Å²) in [5.41, 5.74) is 5.39. The van der Waals surface area contributed by atoms with Crippen LogP contribution >= 0.6 is 0 Å². The number of Topliss-reactive ketones (excluding diaryl/α,β-unsaturated/α-hetero) is 1. The van der Waals surface area contributed by atoms with Gasteiger partial charge < -0.3 is 10.5 Å². The van der Waals surface area contributed by atoms with Crippen LogP contribution in [0.4, 0.5) is 0 Å². The lowest BCUT2D eigenvalue weighted by Crippen LogP contribution is -2.34. The van der Waals surface area contributed by atoms with Crippen molar-refractivity contribution in [2.75, 3.05) is 13.7 Å². The zero-order valence-corrected chi connectivity index (χ0v) is 6.17. The molecule has 10 heavy (non-hydrogen) atoms. The molecule has 0 aliphatic carbocycles. The molecule has 58 valence electrons. The molecule has 0 heterocycles. The first-order valence-corrected chi connectivity index (χ1v) is 3.10. The van der Waals surface area contributed by atoms with Gasteiger partial charge in [0.1, 0.15) is 0 Å². The van der Waals surface area contributed by atoms with E-state index in [4.69, 9.17) is 10.5 Å². The van der Waals surface area contributed by atoms with Gasteiger partial charge in [0.15, 0.2) is 5.78 Å². The number of rotatable bonds is 5. The normalized spacial score (nSPS) is 12.6. The van der Waals surface area contributed by atoms with Crippen LogP contribution in [0.15, 0.2) is 12.7 Å². The molecular formula is C7H13NO2. The Morgan fingerprint density at radius 2 is 2.50 bits per heavy atom. The van der Waals surface area contributed by atoms with Crippen LogP contribution in [0.1, 0.15) is 6.42 Å². The van der Waals surface area contributed by atoms with Crippen molar-refractivity contribution in [2.24, 2.45) is 5.73 Å². The SMILES string of the molecule is C=CCC(=O)C(N)COC. The largest absolute Gasteiger partial charge is 0.383 e. The third-order valence-corrected chi connectivity index (χ3v) is 1.11. The van der Waals surface area contributed by atoms with Crippen molar-refractivity contribution in [1.82, 2.24) is 0 Å². The minimum atomic E-state index is -0.497. The third kappa shape index (κ3) is 3.37. The molecule has 0 bridgehead atoms. The number of nitrogens with two attached hydrogens (primary N) is 1. The molecule has 1 atom stereocenters. The molecule has 0 radical (unpaired) electrons. The molecule has 0 aromatic carbocycles. The summed E-state index contributed by atoms with van der Waals surface area (Å²) in [6, 6.07) is -0.497. The van der Waals surface area contributed by atoms with E-state index in [0.29, 0.717) is 6.42 Å². The Morgan fingerprint density at radius 1 is 1.90 bits per heavy atom. The Kier molecular flexibility index (Phi) is 4.80. The summed E-state index contributed by atoms with van der Waals surface area (Å²) in [7, 11) is 1.51. The smallest absolute Gasteiger partial charge is 0.155 e. The molecule has 0 rings (SSSR count). The van der Waals surface area contributed by atoms with Crippen LogP contribution in [-0.4, -0.2) is 25.5 Å². The molecule has 0 fully saturated rings. The summed E-state index contributed by atoms with van der Waals surface area (Å²) in [6.45, 7) is 3.71. The second-order valence-electron chi connectivity index (χ2n) is 2.02. The zero-order valence-electron chi connectivity index (χ0n) is 6.17. The molecule has 0 saturated carbocycles. The van der Waals surface area contributed by atoms with Crippen LogP contribution in [-0.2, 0) is 9.53 Å². The molecule has 2 N–H and O–H groups in total. The lowest BCUT2D eigenvalue weighted by atomic mass is 10.1. The zero-order chi connectivity index (χ0) is 7.98. The van der Waals surface area contributed by atoms with Crippen molar-refractivity contribution < 1.29 is 9.53 Å². The molecule has 3 heteroatoms. The van der Waals surface area contributed by atoms with Crippen LogP contribution < -0.4 is 5.73 Å². The van der Waals surface area contributed by atoms with Crippen molar-refractivity contribution in [3.63, 3.8) is 0 Å². The monoisotopic (exact) mass is 143 g/mol. The number of carbonyl (C=O) groups is 1. The number of hydrogen-bond acceptors (Lipinski definition) is 3. The maximum atomic E-state index is 10.9. The molecular weight excluding hydrogens is 130 g/mol. The predicted molar refractivity (Wildman–Crippen MR) is 39.7 cm³/mol. The number of hydrogen-bond donors (Lipinski definition) is 1. The Bertz CT molecular complexity index is 123. The molecule has 3 nitrogen and oxygen atoms in total. The van der Waals surface area contributed by atoms with Gasteiger partial charge in [-0.25, -0.2) is 0 Å². The van der Waals surface area contributed by atoms with Gasteiger partial charge in [-0.1, -0.05) is 6.08 Å². The number of ether oxygens (including phenoxy) is 1. The van der Waals surface area contributed by atoms with Crippen LogP contribution in [0.3, 0.4) is 0 Å². The van der Waals surface area contributed by atoms with Gasteiger partial charge in [-0.3, -0.25) is 4.79 Å². The van der Waals surface area contributed by atoms with Gasteiger partial charge in [0.25, 0.3) is 0 Å². The van der Waals surface area contributed by atoms with Crippen molar-refractivity contribution >= 4 is 5.78 Å². The average Bonchev–Trinajstić information content (AvgIpc) is 1.89. The number of allylic oxidation sites excluding steroid dienone is 1. The highest BCUT2D eigenvalue weighted by atomic mass is 16.5. The first kappa shape index (κ1) is 9.33. The molecule has 0 spiro atoms. The Hall–Kier alpha value is -0.670. The lowest BCUT2D eigenvalue weighted by molar-refractivity contribution is -0.120. The molecule has 0 aromatic rings. The molecule has 1 unspecified atom stereocenters. The van der Waals surface area contributed by atoms with Gasteiger partial charge in [0.2, 0.25) is 0 Å². The second-order valence-corrected chi connectivity index (χ2v) is 2.02. The number of ketones is 1. The van der Waals surface area contributed by atoms with Crippen molar-refractivity contribution in [1.29, 1.82) is 0 Å². The van der Waals surface area contributed by atoms with Gasteiger partial charge in [-0.05, 0) is 0 Å². The average molecular weight is 143 g/mol. The van der Waals surface area contributed by atoms with Gasteiger partial charge in [-0.15, -0.1) is 6.58 Å². The summed E-state index contributed by atoms with van der Waals surface area (Å²) >= 11 is 0. The molecule has 0 amide bonds. The van der Waals surface area contributed by atoms with Crippen molar-refractivity contribution in [3.05, 3.63) is 12.7 Å². The van der Waals surface area contributed by atoms with E-state index in [2.05, 4.69) is 6.58 Å². The highest BCUT2D eigenvalue weighted by molar-refractivity contribution is 5.85. The number of carbonyl (C=O) groups excluding carboxylic acids is 1. The van der Waals surface area contributed by atoms with Gasteiger partial charge >= 0.3 is 0 Å². The van der Waals surface area contributed by atoms with E-state index in [9.17, 15) is 4.79 Å². The molecule has 0 aliphatic rings. The fourth-order valence-corrected chi connectivity index (χ4v) is 0.566. The van der Waals surface area contributed by atoms with Crippen LogP contribution in [0.25, 0.3) is 0 Å². The third-order valence-electron chi connectivity index (χ3n) is 1.11. The first-order chi connectivity index (χ1) is 4.72. The van der Waals surface area contributed by atoms with E-state index >= 15 is 0 Å². The second kappa shape index (κ2) is 5.14. The van der Waals surface area contributed by atoms with E-state index in [1.54, 1.807) is 0 Å². The van der Waals surface area contributed by atoms with Crippen molar-refractivity contribution in [2.45, 2.75) is 12.5 Å². The summed E-state index contributed by atoms with van der Waals surface area (Å²) in [5.74, 6) is -0.0307. The van der Waals surface area contributed by atoms with E-state index in [0.717, 1.165) is 0 Å². The maximum Gasteiger partial charge on any atom is 0.155 e. The Morgan fingerprint density at radius 3 is 2.90 bits per heavy atom. The van der Waals surface area contributed by atoms with Gasteiger partial charge in [-0.2, -0.15) is 0 Å². The van der Waals surface area contributed by atoms with Gasteiger partial charge in [0.05, 0.1) is 12.6 Å². The van der Waals surface area contributed by atoms with E-state index in [1.807, 2.05) is 0 Å². The van der Waals surface area contributed by atoms with Gasteiger partial charge in [0, 0.05) is 13.5 Å². The fourth-order valence-electron chi connectivity index (χ4n) is 0.566. The van der Waals surface area contributed by atoms with E-state index in [-0.39, 0.29) is 12.4 Å². The fraction of sp³-hybridized carbons (Fsp3) is 0.571.